The molecule has 1 aromatic carbocycles. The molecule has 112 valence electrons. The number of nitrogens with zero attached hydrogens (tertiary/aromatic N) is 3. The van der Waals surface area contributed by atoms with Crippen LogP contribution in [-0.4, -0.2) is 34.9 Å². The van der Waals surface area contributed by atoms with E-state index in [0.717, 1.165) is 36.7 Å². The zero-order chi connectivity index (χ0) is 14.4. The number of rotatable bonds is 1. The van der Waals surface area contributed by atoms with Gasteiger partial charge in [0.2, 0.25) is 5.16 Å². The van der Waals surface area contributed by atoms with Crippen molar-refractivity contribution in [2.75, 3.05) is 6.54 Å². The number of benzene rings is 1. The zero-order valence-electron chi connectivity index (χ0n) is 11.9. The van der Waals surface area contributed by atoms with Crippen molar-refractivity contribution in [3.05, 3.63) is 24.3 Å². The molecule has 2 aliphatic rings. The average molecular weight is 305 g/mol. The van der Waals surface area contributed by atoms with Crippen molar-refractivity contribution in [2.24, 2.45) is 0 Å². The SMILES string of the molecule is O=S1(=O)c2nc3ccccc3n2CCN1C1CCCCC1. The standard InChI is InChI=1S/C15H19N3O2S/c19-21(20)15-16-13-8-4-5-9-14(13)17(15)10-11-18(21)12-6-2-1-3-7-12/h4-5,8-9,12H,1-3,6-7,10-11H2. The van der Waals surface area contributed by atoms with Gasteiger partial charge in [-0.25, -0.2) is 13.4 Å². The van der Waals surface area contributed by atoms with Gasteiger partial charge in [-0.1, -0.05) is 31.4 Å². The molecule has 6 heteroatoms. The minimum Gasteiger partial charge on any atom is -0.312 e. The Morgan fingerprint density at radius 2 is 1.81 bits per heavy atom. The largest absolute Gasteiger partial charge is 0.312 e. The number of hydrogen-bond donors (Lipinski definition) is 0. The Kier molecular flexibility index (Phi) is 3.04. The quantitative estimate of drug-likeness (QED) is 0.813. The maximum absolute atomic E-state index is 12.9. The molecule has 2 heterocycles. The first kappa shape index (κ1) is 13.3. The van der Waals surface area contributed by atoms with Gasteiger partial charge in [-0.15, -0.1) is 0 Å². The molecule has 1 saturated carbocycles. The highest BCUT2D eigenvalue weighted by molar-refractivity contribution is 7.89. The van der Waals surface area contributed by atoms with Gasteiger partial charge < -0.3 is 4.57 Å². The molecule has 0 spiro atoms. The molecule has 21 heavy (non-hydrogen) atoms. The van der Waals surface area contributed by atoms with Crippen LogP contribution in [0.1, 0.15) is 32.1 Å². The second kappa shape index (κ2) is 4.81. The van der Waals surface area contributed by atoms with Gasteiger partial charge >= 0.3 is 0 Å². The number of sulfonamides is 1. The molecule has 0 unspecified atom stereocenters. The molecule has 4 rings (SSSR count). The Bertz CT molecular complexity index is 775. The van der Waals surface area contributed by atoms with Gasteiger partial charge in [0, 0.05) is 19.1 Å². The second-order valence-corrected chi connectivity index (χ2v) is 7.73. The van der Waals surface area contributed by atoms with E-state index in [1.165, 1.54) is 6.42 Å². The van der Waals surface area contributed by atoms with Gasteiger partial charge in [-0.3, -0.25) is 0 Å². The molecule has 1 aromatic heterocycles. The van der Waals surface area contributed by atoms with E-state index in [0.29, 0.717) is 13.1 Å². The van der Waals surface area contributed by atoms with Crippen LogP contribution < -0.4 is 0 Å². The second-order valence-electron chi connectivity index (χ2n) is 5.94. The normalized spacial score (nSPS) is 23.2. The summed E-state index contributed by atoms with van der Waals surface area (Å²) >= 11 is 0. The van der Waals surface area contributed by atoms with E-state index in [9.17, 15) is 8.42 Å². The number of aromatic nitrogens is 2. The zero-order valence-corrected chi connectivity index (χ0v) is 12.7. The van der Waals surface area contributed by atoms with E-state index < -0.39 is 10.0 Å². The first-order valence-corrected chi connectivity index (χ1v) is 9.09. The molecule has 0 amide bonds. The summed E-state index contributed by atoms with van der Waals surface area (Å²) in [7, 11) is -3.46. The van der Waals surface area contributed by atoms with E-state index in [2.05, 4.69) is 4.98 Å². The van der Waals surface area contributed by atoms with Crippen LogP contribution in [-0.2, 0) is 16.6 Å². The fourth-order valence-corrected chi connectivity index (χ4v) is 5.45. The van der Waals surface area contributed by atoms with Crippen molar-refractivity contribution in [3.8, 4) is 0 Å². The van der Waals surface area contributed by atoms with Crippen molar-refractivity contribution in [3.63, 3.8) is 0 Å². The molecule has 1 aliphatic heterocycles. The van der Waals surface area contributed by atoms with Crippen molar-refractivity contribution >= 4 is 21.1 Å². The van der Waals surface area contributed by atoms with Crippen LogP contribution in [0, 0.1) is 0 Å². The lowest BCUT2D eigenvalue weighted by Crippen LogP contribution is -2.47. The van der Waals surface area contributed by atoms with Crippen molar-refractivity contribution in [1.82, 2.24) is 13.9 Å². The molecule has 0 N–H and O–H groups in total. The van der Waals surface area contributed by atoms with Crippen molar-refractivity contribution in [1.29, 1.82) is 0 Å². The van der Waals surface area contributed by atoms with Crippen LogP contribution in [0.15, 0.2) is 29.4 Å². The van der Waals surface area contributed by atoms with Gasteiger partial charge in [-0.2, -0.15) is 4.31 Å². The third-order valence-corrected chi connectivity index (χ3v) is 6.56. The van der Waals surface area contributed by atoms with Gasteiger partial charge in [0.15, 0.2) is 0 Å². The topological polar surface area (TPSA) is 55.2 Å². The molecule has 0 bridgehead atoms. The summed E-state index contributed by atoms with van der Waals surface area (Å²) in [5.41, 5.74) is 1.68. The summed E-state index contributed by atoms with van der Waals surface area (Å²) in [6, 6.07) is 7.81. The Labute approximate surface area is 124 Å². The number of imidazole rings is 1. The third-order valence-electron chi connectivity index (χ3n) is 4.68. The minimum atomic E-state index is -3.46. The third kappa shape index (κ3) is 2.00. The number of hydrogen-bond acceptors (Lipinski definition) is 3. The Morgan fingerprint density at radius 3 is 2.62 bits per heavy atom. The predicted molar refractivity (Wildman–Crippen MR) is 80.5 cm³/mol. The van der Waals surface area contributed by atoms with Crippen molar-refractivity contribution in [2.45, 2.75) is 49.8 Å². The van der Waals surface area contributed by atoms with Crippen LogP contribution in [0.4, 0.5) is 0 Å². The average Bonchev–Trinajstić information content (AvgIpc) is 2.88. The highest BCUT2D eigenvalue weighted by atomic mass is 32.2. The van der Waals surface area contributed by atoms with Gasteiger partial charge in [0.1, 0.15) is 0 Å². The maximum Gasteiger partial charge on any atom is 0.277 e. The molecule has 2 aromatic rings. The minimum absolute atomic E-state index is 0.164. The molecule has 5 nitrogen and oxygen atoms in total. The van der Waals surface area contributed by atoms with Gasteiger partial charge in [0.25, 0.3) is 10.0 Å². The molecule has 1 fully saturated rings. The maximum atomic E-state index is 12.9. The molecule has 0 radical (unpaired) electrons. The van der Waals surface area contributed by atoms with E-state index >= 15 is 0 Å². The fourth-order valence-electron chi connectivity index (χ4n) is 3.64. The molecule has 1 aliphatic carbocycles. The summed E-state index contributed by atoms with van der Waals surface area (Å²) < 4.78 is 29.4. The lowest BCUT2D eigenvalue weighted by Gasteiger charge is -2.35. The van der Waals surface area contributed by atoms with Crippen LogP contribution in [0.5, 0.6) is 0 Å². The number of fused-ring (bicyclic) bond motifs is 3. The van der Waals surface area contributed by atoms with Crippen LogP contribution in [0.25, 0.3) is 11.0 Å². The lowest BCUT2D eigenvalue weighted by molar-refractivity contribution is 0.233. The van der Waals surface area contributed by atoms with E-state index in [1.807, 2.05) is 28.8 Å². The van der Waals surface area contributed by atoms with E-state index in [1.54, 1.807) is 4.31 Å². The molecule has 0 saturated heterocycles. The Balaban J connectivity index is 1.80. The van der Waals surface area contributed by atoms with E-state index in [4.69, 9.17) is 0 Å². The summed E-state index contributed by atoms with van der Waals surface area (Å²) in [4.78, 5) is 4.38. The van der Waals surface area contributed by atoms with Crippen molar-refractivity contribution < 1.29 is 8.42 Å². The van der Waals surface area contributed by atoms with Crippen LogP contribution in [0.2, 0.25) is 0 Å². The predicted octanol–water partition coefficient (Wildman–Crippen LogP) is 2.37. The molecular weight excluding hydrogens is 286 g/mol. The lowest BCUT2D eigenvalue weighted by atomic mass is 9.95. The number of para-hydroxylation sites is 2. The van der Waals surface area contributed by atoms with Crippen LogP contribution in [0.3, 0.4) is 0 Å². The van der Waals surface area contributed by atoms with Gasteiger partial charge in [-0.05, 0) is 25.0 Å². The van der Waals surface area contributed by atoms with E-state index in [-0.39, 0.29) is 11.2 Å². The van der Waals surface area contributed by atoms with Gasteiger partial charge in [0.05, 0.1) is 11.0 Å². The molecule has 0 atom stereocenters. The Morgan fingerprint density at radius 1 is 1.05 bits per heavy atom. The molecular formula is C15H19N3O2S. The Hall–Kier alpha value is -1.40. The monoisotopic (exact) mass is 305 g/mol. The summed E-state index contributed by atoms with van der Waals surface area (Å²) in [6.45, 7) is 1.27. The first-order valence-electron chi connectivity index (χ1n) is 7.65. The smallest absolute Gasteiger partial charge is 0.277 e. The highest BCUT2D eigenvalue weighted by Crippen LogP contribution is 2.31. The summed E-state index contributed by atoms with van der Waals surface area (Å²) in [6.07, 6.45) is 5.46. The summed E-state index contributed by atoms with van der Waals surface area (Å²) in [5.74, 6) is 0. The highest BCUT2D eigenvalue weighted by Gasteiger charge is 2.39. The first-order chi connectivity index (χ1) is 10.2. The van der Waals surface area contributed by atoms with Crippen LogP contribution >= 0.6 is 0 Å². The summed E-state index contributed by atoms with van der Waals surface area (Å²) in [5, 5.41) is 0.223. The fraction of sp³-hybridized carbons (Fsp3) is 0.533.